The lowest BCUT2D eigenvalue weighted by molar-refractivity contribution is 0.432. The number of nitrogen functional groups attached to an aromatic ring is 1. The summed E-state index contributed by atoms with van der Waals surface area (Å²) in [5.41, 5.74) is 4.71. The summed E-state index contributed by atoms with van der Waals surface area (Å²) in [7, 11) is 0. The Hall–Kier alpha value is -2.63. The first-order valence-corrected chi connectivity index (χ1v) is 5.31. The largest absolute Gasteiger partial charge is 0.505 e. The summed E-state index contributed by atoms with van der Waals surface area (Å²) in [6.07, 6.45) is 0. The Kier molecular flexibility index (Phi) is 2.22. The summed E-state index contributed by atoms with van der Waals surface area (Å²) in [5, 5.41) is 9.14. The van der Waals surface area contributed by atoms with E-state index in [9.17, 15) is 18.7 Å². The second-order valence-corrected chi connectivity index (χ2v) is 4.10. The standard InChI is InChI=1S/C13H7F2NO3/c14-7-1-5-11(3-9(7)16)19-12-4-10(17)8(15)2-6(12)13(5)18/h1-4,17H,16H2. The molecule has 0 saturated carbocycles. The summed E-state index contributed by atoms with van der Waals surface area (Å²) >= 11 is 0. The highest BCUT2D eigenvalue weighted by Crippen LogP contribution is 2.26. The lowest BCUT2D eigenvalue weighted by atomic mass is 10.1. The van der Waals surface area contributed by atoms with Crippen LogP contribution in [0.5, 0.6) is 5.75 Å². The molecule has 1 aromatic heterocycles. The average Bonchev–Trinajstić information content (AvgIpc) is 2.35. The summed E-state index contributed by atoms with van der Waals surface area (Å²) in [6.45, 7) is 0. The van der Waals surface area contributed by atoms with E-state index in [0.29, 0.717) is 0 Å². The number of hydrogen-bond donors (Lipinski definition) is 2. The quantitative estimate of drug-likeness (QED) is 0.482. The lowest BCUT2D eigenvalue weighted by Gasteiger charge is -2.04. The van der Waals surface area contributed by atoms with Crippen molar-refractivity contribution in [2.24, 2.45) is 0 Å². The van der Waals surface area contributed by atoms with Gasteiger partial charge in [0.15, 0.2) is 11.6 Å². The van der Waals surface area contributed by atoms with Crippen LogP contribution in [0.1, 0.15) is 0 Å². The molecule has 0 unspecified atom stereocenters. The fourth-order valence-electron chi connectivity index (χ4n) is 1.90. The molecule has 3 rings (SSSR count). The molecule has 0 fully saturated rings. The fourth-order valence-corrected chi connectivity index (χ4v) is 1.90. The van der Waals surface area contributed by atoms with Crippen LogP contribution in [0.15, 0.2) is 33.5 Å². The molecule has 19 heavy (non-hydrogen) atoms. The Morgan fingerprint density at radius 3 is 2.26 bits per heavy atom. The molecule has 2 aromatic carbocycles. The first kappa shape index (κ1) is 11.5. The molecule has 0 atom stereocenters. The van der Waals surface area contributed by atoms with E-state index < -0.39 is 22.8 Å². The molecule has 96 valence electrons. The molecule has 0 spiro atoms. The SMILES string of the molecule is Nc1cc2oc3cc(O)c(F)cc3c(=O)c2cc1F. The van der Waals surface area contributed by atoms with Crippen LogP contribution in [-0.4, -0.2) is 5.11 Å². The molecule has 0 amide bonds. The van der Waals surface area contributed by atoms with Gasteiger partial charge in [0.1, 0.15) is 17.0 Å². The Bertz CT molecular complexity index is 818. The summed E-state index contributed by atoms with van der Waals surface area (Å²) in [4.78, 5) is 12.1. The number of hydrogen-bond acceptors (Lipinski definition) is 4. The van der Waals surface area contributed by atoms with Gasteiger partial charge >= 0.3 is 0 Å². The zero-order chi connectivity index (χ0) is 13.7. The highest BCUT2D eigenvalue weighted by molar-refractivity contribution is 5.91. The van der Waals surface area contributed by atoms with Crippen LogP contribution < -0.4 is 11.2 Å². The van der Waals surface area contributed by atoms with Gasteiger partial charge in [-0.15, -0.1) is 0 Å². The molecule has 0 saturated heterocycles. The molecule has 0 aliphatic rings. The number of fused-ring (bicyclic) bond motifs is 2. The maximum atomic E-state index is 13.4. The molecule has 3 aromatic rings. The van der Waals surface area contributed by atoms with Gasteiger partial charge in [-0.2, -0.15) is 0 Å². The van der Waals surface area contributed by atoms with Crippen molar-refractivity contribution in [3.63, 3.8) is 0 Å². The third-order valence-electron chi connectivity index (χ3n) is 2.86. The van der Waals surface area contributed by atoms with Gasteiger partial charge in [0.05, 0.1) is 16.5 Å². The van der Waals surface area contributed by atoms with Crippen molar-refractivity contribution in [3.05, 3.63) is 46.1 Å². The van der Waals surface area contributed by atoms with Gasteiger partial charge < -0.3 is 15.3 Å². The molecule has 1 heterocycles. The van der Waals surface area contributed by atoms with E-state index in [0.717, 1.165) is 18.2 Å². The van der Waals surface area contributed by atoms with Gasteiger partial charge in [-0.25, -0.2) is 8.78 Å². The minimum absolute atomic E-state index is 0.00223. The lowest BCUT2D eigenvalue weighted by Crippen LogP contribution is -2.04. The average molecular weight is 263 g/mol. The Morgan fingerprint density at radius 2 is 1.58 bits per heavy atom. The van der Waals surface area contributed by atoms with E-state index >= 15 is 0 Å². The number of anilines is 1. The van der Waals surface area contributed by atoms with Gasteiger partial charge in [-0.1, -0.05) is 0 Å². The van der Waals surface area contributed by atoms with Crippen LogP contribution in [0, 0.1) is 11.6 Å². The monoisotopic (exact) mass is 263 g/mol. The minimum atomic E-state index is -0.949. The Morgan fingerprint density at radius 1 is 1.00 bits per heavy atom. The van der Waals surface area contributed by atoms with Crippen LogP contribution in [0.3, 0.4) is 0 Å². The molecule has 0 bridgehead atoms. The Labute approximate surface area is 104 Å². The predicted octanol–water partition coefficient (Wildman–Crippen LogP) is 2.51. The normalized spacial score (nSPS) is 11.3. The molecular formula is C13H7F2NO3. The predicted molar refractivity (Wildman–Crippen MR) is 66.0 cm³/mol. The van der Waals surface area contributed by atoms with Crippen LogP contribution in [0.2, 0.25) is 0 Å². The molecule has 4 nitrogen and oxygen atoms in total. The minimum Gasteiger partial charge on any atom is -0.505 e. The molecule has 6 heteroatoms. The summed E-state index contributed by atoms with van der Waals surface area (Å²) in [6, 6.07) is 3.96. The van der Waals surface area contributed by atoms with Gasteiger partial charge in [-0.3, -0.25) is 4.79 Å². The molecule has 0 aliphatic heterocycles. The van der Waals surface area contributed by atoms with Gasteiger partial charge in [0.2, 0.25) is 5.43 Å². The smallest absolute Gasteiger partial charge is 0.200 e. The van der Waals surface area contributed by atoms with Crippen LogP contribution in [0.4, 0.5) is 14.5 Å². The van der Waals surface area contributed by atoms with Crippen molar-refractivity contribution in [2.75, 3.05) is 5.73 Å². The third-order valence-corrected chi connectivity index (χ3v) is 2.86. The first-order chi connectivity index (χ1) is 8.97. The maximum absolute atomic E-state index is 13.4. The molecule has 0 aliphatic carbocycles. The van der Waals surface area contributed by atoms with Crippen LogP contribution >= 0.6 is 0 Å². The van der Waals surface area contributed by atoms with E-state index in [1.165, 1.54) is 6.07 Å². The van der Waals surface area contributed by atoms with Crippen molar-refractivity contribution < 1.29 is 18.3 Å². The number of benzene rings is 2. The second kappa shape index (κ2) is 3.68. The van der Waals surface area contributed by atoms with E-state index in [1.807, 2.05) is 0 Å². The number of halogens is 2. The topological polar surface area (TPSA) is 76.5 Å². The zero-order valence-electron chi connectivity index (χ0n) is 9.41. The van der Waals surface area contributed by atoms with Crippen LogP contribution in [0.25, 0.3) is 21.9 Å². The van der Waals surface area contributed by atoms with Gasteiger partial charge in [0.25, 0.3) is 0 Å². The number of aromatic hydroxyl groups is 1. The van der Waals surface area contributed by atoms with E-state index in [1.54, 1.807) is 0 Å². The summed E-state index contributed by atoms with van der Waals surface area (Å²) < 4.78 is 31.9. The highest BCUT2D eigenvalue weighted by atomic mass is 19.1. The van der Waals surface area contributed by atoms with Gasteiger partial charge in [-0.05, 0) is 12.1 Å². The highest BCUT2D eigenvalue weighted by Gasteiger charge is 2.13. The molecule has 3 N–H and O–H groups in total. The summed E-state index contributed by atoms with van der Waals surface area (Å²) in [5.74, 6) is -2.33. The van der Waals surface area contributed by atoms with E-state index in [2.05, 4.69) is 0 Å². The number of phenolic OH excluding ortho intramolecular Hbond substituents is 1. The van der Waals surface area contributed by atoms with E-state index in [4.69, 9.17) is 10.2 Å². The van der Waals surface area contributed by atoms with Crippen molar-refractivity contribution in [2.45, 2.75) is 0 Å². The van der Waals surface area contributed by atoms with E-state index in [-0.39, 0.29) is 27.6 Å². The molecule has 0 radical (unpaired) electrons. The maximum Gasteiger partial charge on any atom is 0.200 e. The van der Waals surface area contributed by atoms with Gasteiger partial charge in [0, 0.05) is 12.1 Å². The van der Waals surface area contributed by atoms with Crippen molar-refractivity contribution >= 4 is 27.6 Å². The fraction of sp³-hybridized carbons (Fsp3) is 0. The molecular weight excluding hydrogens is 256 g/mol. The third kappa shape index (κ3) is 1.61. The zero-order valence-corrected chi connectivity index (χ0v) is 9.41. The Balaban J connectivity index is 2.56. The van der Waals surface area contributed by atoms with Crippen molar-refractivity contribution in [1.82, 2.24) is 0 Å². The first-order valence-electron chi connectivity index (χ1n) is 5.31. The number of nitrogens with two attached hydrogens (primary N) is 1. The van der Waals surface area contributed by atoms with Crippen molar-refractivity contribution in [3.8, 4) is 5.75 Å². The van der Waals surface area contributed by atoms with Crippen molar-refractivity contribution in [1.29, 1.82) is 0 Å². The second-order valence-electron chi connectivity index (χ2n) is 4.10. The van der Waals surface area contributed by atoms with Crippen LogP contribution in [-0.2, 0) is 0 Å². The number of rotatable bonds is 0. The number of phenols is 1.